The van der Waals surface area contributed by atoms with Crippen molar-refractivity contribution in [2.75, 3.05) is 12.1 Å². The Morgan fingerprint density at radius 3 is 3.00 bits per heavy atom. The average Bonchev–Trinajstić information content (AvgIpc) is 3.17. The first-order valence-corrected chi connectivity index (χ1v) is 6.37. The van der Waals surface area contributed by atoms with E-state index in [1.54, 1.807) is 23.4 Å². The molecule has 0 bridgehead atoms. The molecule has 3 heterocycles. The van der Waals surface area contributed by atoms with Gasteiger partial charge in [-0.25, -0.2) is 4.68 Å². The van der Waals surface area contributed by atoms with Crippen LogP contribution in [0.5, 0.6) is 11.5 Å². The van der Waals surface area contributed by atoms with Gasteiger partial charge in [0.05, 0.1) is 11.9 Å². The third kappa shape index (κ3) is 2.25. The Morgan fingerprint density at radius 1 is 1.14 bits per heavy atom. The van der Waals surface area contributed by atoms with Crippen LogP contribution in [0.25, 0.3) is 5.69 Å². The van der Waals surface area contributed by atoms with Crippen LogP contribution in [0.2, 0.25) is 0 Å². The Hall–Kier alpha value is -3.09. The zero-order valence-electron chi connectivity index (χ0n) is 10.9. The van der Waals surface area contributed by atoms with Gasteiger partial charge in [-0.1, -0.05) is 0 Å². The van der Waals surface area contributed by atoms with Crippen molar-refractivity contribution in [1.82, 2.24) is 19.7 Å². The molecule has 1 aliphatic heterocycles. The SMILES string of the molecule is c1cncc(-n2cnc(Nc3ccc4c(c3)OCO4)n2)c1. The second-order valence-corrected chi connectivity index (χ2v) is 4.42. The van der Waals surface area contributed by atoms with Gasteiger partial charge >= 0.3 is 0 Å². The topological polar surface area (TPSA) is 74.1 Å². The van der Waals surface area contributed by atoms with E-state index in [-0.39, 0.29) is 6.79 Å². The zero-order valence-corrected chi connectivity index (χ0v) is 10.9. The number of fused-ring (bicyclic) bond motifs is 1. The summed E-state index contributed by atoms with van der Waals surface area (Å²) in [6, 6.07) is 9.35. The molecule has 0 atom stereocenters. The molecule has 0 radical (unpaired) electrons. The van der Waals surface area contributed by atoms with Crippen LogP contribution in [-0.4, -0.2) is 26.5 Å². The molecule has 7 heteroatoms. The van der Waals surface area contributed by atoms with Crippen LogP contribution in [0.3, 0.4) is 0 Å². The lowest BCUT2D eigenvalue weighted by atomic mass is 10.3. The fourth-order valence-electron chi connectivity index (χ4n) is 2.04. The molecule has 104 valence electrons. The highest BCUT2D eigenvalue weighted by Gasteiger charge is 2.13. The van der Waals surface area contributed by atoms with E-state index >= 15 is 0 Å². The van der Waals surface area contributed by atoms with E-state index in [1.807, 2.05) is 30.3 Å². The van der Waals surface area contributed by atoms with Crippen LogP contribution < -0.4 is 14.8 Å². The monoisotopic (exact) mass is 281 g/mol. The van der Waals surface area contributed by atoms with Gasteiger partial charge in [-0.2, -0.15) is 4.98 Å². The van der Waals surface area contributed by atoms with E-state index in [4.69, 9.17) is 9.47 Å². The summed E-state index contributed by atoms with van der Waals surface area (Å²) < 4.78 is 12.3. The molecule has 0 saturated heterocycles. The number of benzene rings is 1. The third-order valence-electron chi connectivity index (χ3n) is 3.03. The van der Waals surface area contributed by atoms with Crippen molar-refractivity contribution in [3.63, 3.8) is 0 Å². The van der Waals surface area contributed by atoms with Crippen LogP contribution in [0.1, 0.15) is 0 Å². The average molecular weight is 281 g/mol. The Labute approximate surface area is 120 Å². The van der Waals surface area contributed by atoms with Crippen molar-refractivity contribution < 1.29 is 9.47 Å². The van der Waals surface area contributed by atoms with Gasteiger partial charge in [0.15, 0.2) is 11.5 Å². The van der Waals surface area contributed by atoms with Gasteiger partial charge in [0.25, 0.3) is 0 Å². The molecule has 4 rings (SSSR count). The van der Waals surface area contributed by atoms with Crippen LogP contribution in [0.4, 0.5) is 11.6 Å². The molecule has 0 aliphatic carbocycles. The summed E-state index contributed by atoms with van der Waals surface area (Å²) in [7, 11) is 0. The maximum absolute atomic E-state index is 5.33. The van der Waals surface area contributed by atoms with Gasteiger partial charge in [-0.3, -0.25) is 4.98 Å². The van der Waals surface area contributed by atoms with E-state index in [2.05, 4.69) is 20.4 Å². The molecular weight excluding hydrogens is 270 g/mol. The molecule has 1 N–H and O–H groups in total. The van der Waals surface area contributed by atoms with Crippen LogP contribution in [0, 0.1) is 0 Å². The van der Waals surface area contributed by atoms with Crippen molar-refractivity contribution in [1.29, 1.82) is 0 Å². The number of pyridine rings is 1. The maximum Gasteiger partial charge on any atom is 0.246 e. The van der Waals surface area contributed by atoms with Crippen molar-refractivity contribution >= 4 is 11.6 Å². The first-order valence-electron chi connectivity index (χ1n) is 6.37. The lowest BCUT2D eigenvalue weighted by Gasteiger charge is -2.03. The minimum Gasteiger partial charge on any atom is -0.454 e. The fourth-order valence-corrected chi connectivity index (χ4v) is 2.04. The molecule has 1 aromatic carbocycles. The second-order valence-electron chi connectivity index (χ2n) is 4.42. The number of hydrogen-bond acceptors (Lipinski definition) is 6. The number of ether oxygens (including phenoxy) is 2. The standard InChI is InChI=1S/C14H11N5O2/c1-2-11(7-15-5-1)19-8-16-14(18-19)17-10-3-4-12-13(6-10)21-9-20-12/h1-8H,9H2,(H,17,18). The minimum absolute atomic E-state index is 0.257. The summed E-state index contributed by atoms with van der Waals surface area (Å²) in [5, 5.41) is 7.48. The summed E-state index contributed by atoms with van der Waals surface area (Å²) in [6.45, 7) is 0.257. The number of aromatic nitrogens is 4. The summed E-state index contributed by atoms with van der Waals surface area (Å²) in [4.78, 5) is 8.28. The highest BCUT2D eigenvalue weighted by Crippen LogP contribution is 2.34. The van der Waals surface area contributed by atoms with Gasteiger partial charge in [0, 0.05) is 18.0 Å². The van der Waals surface area contributed by atoms with Gasteiger partial charge < -0.3 is 14.8 Å². The normalized spacial score (nSPS) is 12.4. The first-order chi connectivity index (χ1) is 10.4. The lowest BCUT2D eigenvalue weighted by Crippen LogP contribution is -1.97. The highest BCUT2D eigenvalue weighted by molar-refractivity contribution is 5.60. The molecule has 0 fully saturated rings. The molecule has 3 aromatic rings. The number of nitrogens with zero attached hydrogens (tertiary/aromatic N) is 4. The summed E-state index contributed by atoms with van der Waals surface area (Å²) in [5.74, 6) is 1.96. The summed E-state index contributed by atoms with van der Waals surface area (Å²) in [5.41, 5.74) is 1.69. The predicted molar refractivity (Wildman–Crippen MR) is 75.0 cm³/mol. The van der Waals surface area contributed by atoms with Crippen molar-refractivity contribution in [3.8, 4) is 17.2 Å². The first kappa shape index (κ1) is 11.7. The summed E-state index contributed by atoms with van der Waals surface area (Å²) >= 11 is 0. The van der Waals surface area contributed by atoms with Crippen molar-refractivity contribution in [2.24, 2.45) is 0 Å². The second kappa shape index (κ2) is 4.78. The molecule has 21 heavy (non-hydrogen) atoms. The van der Waals surface area contributed by atoms with E-state index in [0.29, 0.717) is 11.7 Å². The Morgan fingerprint density at radius 2 is 2.10 bits per heavy atom. The smallest absolute Gasteiger partial charge is 0.246 e. The lowest BCUT2D eigenvalue weighted by molar-refractivity contribution is 0.174. The van der Waals surface area contributed by atoms with E-state index in [1.165, 1.54) is 0 Å². The van der Waals surface area contributed by atoms with Crippen LogP contribution in [-0.2, 0) is 0 Å². The van der Waals surface area contributed by atoms with Crippen LogP contribution >= 0.6 is 0 Å². The summed E-state index contributed by atoms with van der Waals surface area (Å²) in [6.07, 6.45) is 5.07. The predicted octanol–water partition coefficient (Wildman–Crippen LogP) is 2.13. The Balaban J connectivity index is 1.57. The molecular formula is C14H11N5O2. The van der Waals surface area contributed by atoms with Gasteiger partial charge in [-0.05, 0) is 24.3 Å². The molecule has 0 saturated carbocycles. The van der Waals surface area contributed by atoms with Gasteiger partial charge in [0.2, 0.25) is 12.7 Å². The highest BCUT2D eigenvalue weighted by atomic mass is 16.7. The molecule has 1 aliphatic rings. The van der Waals surface area contributed by atoms with E-state index < -0.39 is 0 Å². The largest absolute Gasteiger partial charge is 0.454 e. The van der Waals surface area contributed by atoms with Gasteiger partial charge in [-0.15, -0.1) is 5.10 Å². The minimum atomic E-state index is 0.257. The van der Waals surface area contributed by atoms with E-state index in [0.717, 1.165) is 17.1 Å². The number of rotatable bonds is 3. The molecule has 2 aromatic heterocycles. The van der Waals surface area contributed by atoms with Gasteiger partial charge in [0.1, 0.15) is 6.33 Å². The zero-order chi connectivity index (χ0) is 14.1. The van der Waals surface area contributed by atoms with E-state index in [9.17, 15) is 0 Å². The van der Waals surface area contributed by atoms with Crippen molar-refractivity contribution in [3.05, 3.63) is 49.1 Å². The number of anilines is 2. The molecule has 0 spiro atoms. The Kier molecular flexibility index (Phi) is 2.67. The maximum atomic E-state index is 5.33. The molecule has 0 unspecified atom stereocenters. The van der Waals surface area contributed by atoms with Crippen molar-refractivity contribution in [2.45, 2.75) is 0 Å². The fraction of sp³-hybridized carbons (Fsp3) is 0.0714. The quantitative estimate of drug-likeness (QED) is 0.792. The van der Waals surface area contributed by atoms with Crippen LogP contribution in [0.15, 0.2) is 49.1 Å². The molecule has 7 nitrogen and oxygen atoms in total. The third-order valence-corrected chi connectivity index (χ3v) is 3.03. The number of nitrogens with one attached hydrogen (secondary N) is 1. The Bertz CT molecular complexity index is 772. The molecule has 0 amide bonds. The number of hydrogen-bond donors (Lipinski definition) is 1.